The first-order valence-electron chi connectivity index (χ1n) is 15.1. The predicted molar refractivity (Wildman–Crippen MR) is 178 cm³/mol. The minimum absolute atomic E-state index is 0.00508. The zero-order valence-corrected chi connectivity index (χ0v) is 29.1. The highest BCUT2D eigenvalue weighted by Crippen LogP contribution is 2.61. The Kier molecular flexibility index (Phi) is 10.0. The Hall–Kier alpha value is -5.00. The molecule has 24 nitrogen and oxygen atoms in total. The number of hydrogen-bond donors (Lipinski definition) is 10. The van der Waals surface area contributed by atoms with Crippen LogP contribution in [0.5, 0.6) is 11.5 Å². The number of anilines is 3. The number of furan rings is 1. The molecule has 0 bridgehead atoms. The molecule has 5 heterocycles. The zero-order chi connectivity index (χ0) is 38.6. The number of carbonyl (C=O) groups excluding carboxylic acids is 2. The number of phosphoric ester groups is 2. The van der Waals surface area contributed by atoms with Gasteiger partial charge in [-0.25, -0.2) is 33.4 Å². The summed E-state index contributed by atoms with van der Waals surface area (Å²) in [5.41, 5.74) is 8.37. The third-order valence-electron chi connectivity index (χ3n) is 8.07. The zero-order valence-electron chi connectivity index (χ0n) is 27.3. The van der Waals surface area contributed by atoms with Crippen LogP contribution in [0, 0.1) is 13.8 Å². The number of urea groups is 1. The Morgan fingerprint density at radius 2 is 1.70 bits per heavy atom. The number of imide groups is 1. The molecular weight excluding hydrogens is 752 g/mol. The number of rotatable bonds is 13. The van der Waals surface area contributed by atoms with Crippen LogP contribution in [0.2, 0.25) is 0 Å². The van der Waals surface area contributed by atoms with Gasteiger partial charge in [-0.3, -0.25) is 19.2 Å². The molecule has 2 unspecified atom stereocenters. The fraction of sp³-hybridized carbons (Fsp3) is 0.333. The summed E-state index contributed by atoms with van der Waals surface area (Å²) in [6, 6.07) is 1.29. The van der Waals surface area contributed by atoms with Crippen molar-refractivity contribution in [2.45, 2.75) is 44.8 Å². The number of aliphatic hydroxyl groups excluding tert-OH is 3. The molecule has 0 saturated heterocycles. The van der Waals surface area contributed by atoms with Crippen LogP contribution in [0.1, 0.15) is 16.9 Å². The first-order valence-corrected chi connectivity index (χ1v) is 18.1. The molecule has 26 heteroatoms. The summed E-state index contributed by atoms with van der Waals surface area (Å²) in [5.74, 6) is -3.76. The number of nitrogens with two attached hydrogens (primary N) is 1. The normalized spacial score (nSPS) is 19.6. The minimum Gasteiger partial charge on any atom is -0.502 e. The molecule has 11 N–H and O–H groups in total. The SMILES string of the molecule is Cc1cc2c(cc1C)N(C[C@H](O)[C@H](O)[C@H](O)COP(=O)(O)OP(=O)(O)OCc1oc(-n3cnc4c(N)ncnc43)c(O)c1O)C1=NC(=O)NC(=O)[C@H]1N2. The topological polar surface area (TPSA) is 360 Å². The van der Waals surface area contributed by atoms with Gasteiger partial charge >= 0.3 is 21.7 Å². The average molecular weight is 784 g/mol. The van der Waals surface area contributed by atoms with Crippen LogP contribution < -0.4 is 21.3 Å². The van der Waals surface area contributed by atoms with Crippen LogP contribution in [-0.2, 0) is 33.9 Å². The smallest absolute Gasteiger partial charge is 0.481 e. The Bertz CT molecular complexity index is 2240. The van der Waals surface area contributed by atoms with Gasteiger partial charge in [0.25, 0.3) is 11.8 Å². The number of amides is 3. The second kappa shape index (κ2) is 14.1. The van der Waals surface area contributed by atoms with Crippen molar-refractivity contribution in [3.63, 3.8) is 0 Å². The number of amidine groups is 1. The number of fused-ring (bicyclic) bond motifs is 3. The molecule has 0 spiro atoms. The number of nitrogens with one attached hydrogen (secondary N) is 2. The summed E-state index contributed by atoms with van der Waals surface area (Å²) in [6.45, 7) is 0.708. The lowest BCUT2D eigenvalue weighted by atomic mass is 10.00. The molecule has 2 aliphatic rings. The molecule has 4 aromatic rings. The van der Waals surface area contributed by atoms with Crippen LogP contribution in [0.4, 0.5) is 22.0 Å². The number of β-amino-alcohol motifs (C(OH)–C–C–N with tert-alkyl or cyclic N) is 1. The van der Waals surface area contributed by atoms with Crippen LogP contribution in [-0.4, -0.2) is 110 Å². The maximum Gasteiger partial charge on any atom is 0.481 e. The summed E-state index contributed by atoms with van der Waals surface area (Å²) in [6.07, 6.45) is -3.88. The number of nitrogens with zero attached hydrogens (tertiary/aromatic N) is 6. The van der Waals surface area contributed by atoms with E-state index in [0.29, 0.717) is 11.4 Å². The van der Waals surface area contributed by atoms with E-state index in [4.69, 9.17) is 10.2 Å². The van der Waals surface area contributed by atoms with E-state index in [1.807, 2.05) is 6.92 Å². The average Bonchev–Trinajstić information content (AvgIpc) is 3.63. The van der Waals surface area contributed by atoms with Gasteiger partial charge in [0.1, 0.15) is 43.4 Å². The second-order valence-electron chi connectivity index (χ2n) is 11.7. The van der Waals surface area contributed by atoms with Gasteiger partial charge in [0, 0.05) is 0 Å². The fourth-order valence-corrected chi connectivity index (χ4v) is 7.34. The maximum absolute atomic E-state index is 12.6. The standard InChI is InChI=1S/C27H31N9O15P2/c1-10-3-12-13(4-11(10)2)35(24-18(32-12)25(42)34-27(43)33-24)5-14(37)19(39)15(38)6-48-52(44,45)51-53(46,47)49-7-16-20(40)21(41)26(50-16)36-9-31-17-22(28)29-8-30-23(17)36/h3-4,8-9,14-15,18-19,32,37-41H,5-7H2,1-2H3,(H,44,45)(H,46,47)(H2,28,29,30)(H,34,42,43)/t14-,15+,18-,19-/m0/s1. The number of imidazole rings is 1. The fourth-order valence-electron chi connectivity index (χ4n) is 5.30. The number of aliphatic hydroxyl groups is 3. The number of carbonyl (C=O) groups is 2. The first-order chi connectivity index (χ1) is 24.9. The molecule has 0 saturated carbocycles. The minimum atomic E-state index is -5.56. The van der Waals surface area contributed by atoms with E-state index in [0.717, 1.165) is 28.3 Å². The molecule has 0 fully saturated rings. The quantitative estimate of drug-likeness (QED) is 0.0785. The lowest BCUT2D eigenvalue weighted by Gasteiger charge is -2.40. The number of phosphoric acid groups is 2. The van der Waals surface area contributed by atoms with Gasteiger partial charge in [0.2, 0.25) is 11.5 Å². The predicted octanol–water partition coefficient (Wildman–Crippen LogP) is -0.199. The molecule has 3 aromatic heterocycles. The third-order valence-corrected chi connectivity index (χ3v) is 10.7. The molecule has 6 atom stereocenters. The van der Waals surface area contributed by atoms with Crippen molar-refractivity contribution >= 4 is 61.8 Å². The van der Waals surface area contributed by atoms with E-state index in [2.05, 4.69) is 43.9 Å². The van der Waals surface area contributed by atoms with Crippen molar-refractivity contribution < 1.29 is 71.8 Å². The number of benzene rings is 1. The molecular formula is C27H31N9O15P2. The Morgan fingerprint density at radius 3 is 2.43 bits per heavy atom. The van der Waals surface area contributed by atoms with Gasteiger partial charge in [-0.2, -0.15) is 9.30 Å². The summed E-state index contributed by atoms with van der Waals surface area (Å²) in [4.78, 5) is 61.6. The number of hydrogen-bond acceptors (Lipinski definition) is 19. The molecule has 284 valence electrons. The number of aryl methyl sites for hydroxylation is 2. The summed E-state index contributed by atoms with van der Waals surface area (Å²) >= 11 is 0. The van der Waals surface area contributed by atoms with Crippen molar-refractivity contribution in [1.82, 2.24) is 24.8 Å². The van der Waals surface area contributed by atoms with Crippen LogP contribution in [0.15, 0.2) is 34.2 Å². The molecule has 3 amide bonds. The summed E-state index contributed by atoms with van der Waals surface area (Å²) in [5, 5.41) is 57.7. The van der Waals surface area contributed by atoms with Gasteiger partial charge in [-0.15, -0.1) is 0 Å². The van der Waals surface area contributed by atoms with Gasteiger partial charge in [0.05, 0.1) is 24.5 Å². The number of nitrogen functional groups attached to an aromatic ring is 1. The molecule has 53 heavy (non-hydrogen) atoms. The Balaban J connectivity index is 1.07. The monoisotopic (exact) mass is 783 g/mol. The van der Waals surface area contributed by atoms with Crippen LogP contribution >= 0.6 is 15.6 Å². The summed E-state index contributed by atoms with van der Waals surface area (Å²) < 4.78 is 44.8. The van der Waals surface area contributed by atoms with E-state index >= 15 is 0 Å². The number of aromatic nitrogens is 4. The first kappa shape index (κ1) is 37.7. The number of aliphatic imine (C=N–C) groups is 1. The Morgan fingerprint density at radius 1 is 1.00 bits per heavy atom. The van der Waals surface area contributed by atoms with Crippen LogP contribution in [0.3, 0.4) is 0 Å². The second-order valence-corrected chi connectivity index (χ2v) is 14.7. The van der Waals surface area contributed by atoms with Crippen molar-refractivity contribution in [3.05, 3.63) is 41.7 Å². The lowest BCUT2D eigenvalue weighted by molar-refractivity contribution is -0.119. The largest absolute Gasteiger partial charge is 0.502 e. The maximum atomic E-state index is 12.6. The van der Waals surface area contributed by atoms with Gasteiger partial charge in [0.15, 0.2) is 28.8 Å². The number of aromatic hydroxyl groups is 2. The molecule has 0 aliphatic carbocycles. The van der Waals surface area contributed by atoms with Crippen molar-refractivity contribution in [2.24, 2.45) is 4.99 Å². The van der Waals surface area contributed by atoms with Crippen LogP contribution in [0.25, 0.3) is 17.0 Å². The highest BCUT2D eigenvalue weighted by Gasteiger charge is 2.42. The molecule has 2 aliphatic heterocycles. The highest BCUT2D eigenvalue weighted by atomic mass is 31.3. The Labute approximate surface area is 296 Å². The van der Waals surface area contributed by atoms with Crippen molar-refractivity contribution in [3.8, 4) is 17.4 Å². The van der Waals surface area contributed by atoms with Gasteiger partial charge in [-0.1, -0.05) is 0 Å². The van der Waals surface area contributed by atoms with Gasteiger partial charge < -0.3 is 55.7 Å². The van der Waals surface area contributed by atoms with E-state index in [1.54, 1.807) is 19.1 Å². The molecule has 1 aromatic carbocycles. The van der Waals surface area contributed by atoms with Crippen molar-refractivity contribution in [2.75, 3.05) is 29.1 Å². The van der Waals surface area contributed by atoms with E-state index in [9.17, 15) is 54.0 Å². The molecule has 6 rings (SSSR count). The lowest BCUT2D eigenvalue weighted by Crippen LogP contribution is -2.60. The van der Waals surface area contributed by atoms with E-state index in [1.165, 1.54) is 4.90 Å². The summed E-state index contributed by atoms with van der Waals surface area (Å²) in [7, 11) is -11.1. The molecule has 0 radical (unpaired) electrons. The van der Waals surface area contributed by atoms with E-state index in [-0.39, 0.29) is 22.8 Å². The van der Waals surface area contributed by atoms with Crippen molar-refractivity contribution in [1.29, 1.82) is 0 Å². The van der Waals surface area contributed by atoms with Gasteiger partial charge in [-0.05, 0) is 37.1 Å². The van der Waals surface area contributed by atoms with E-state index < -0.39 is 94.8 Å². The third kappa shape index (κ3) is 7.59. The highest BCUT2D eigenvalue weighted by molar-refractivity contribution is 7.61.